The van der Waals surface area contributed by atoms with Crippen LogP contribution in [0, 0.1) is 13.8 Å². The zero-order chi connectivity index (χ0) is 25.8. The number of benzene rings is 2. The Bertz CT molecular complexity index is 1120. The molecule has 2 fully saturated rings. The molecule has 0 atom stereocenters. The Morgan fingerprint density at radius 2 is 1.67 bits per heavy atom. The van der Waals surface area contributed by atoms with Crippen molar-refractivity contribution in [1.82, 2.24) is 0 Å². The summed E-state index contributed by atoms with van der Waals surface area (Å²) in [6.45, 7) is 7.77. The first-order chi connectivity index (χ1) is 17.3. The van der Waals surface area contributed by atoms with Crippen molar-refractivity contribution in [3.05, 3.63) is 64.7 Å². The minimum Gasteiger partial charge on any atom is -0.462 e. The Labute approximate surface area is 213 Å². The first-order valence-corrected chi connectivity index (χ1v) is 13.0. The average molecular weight is 494 g/mol. The second kappa shape index (κ2) is 10.8. The van der Waals surface area contributed by atoms with Crippen LogP contribution in [0.25, 0.3) is 0 Å². The minimum absolute atomic E-state index is 0.127. The molecule has 2 aromatic rings. The van der Waals surface area contributed by atoms with Crippen molar-refractivity contribution in [1.29, 1.82) is 0 Å². The number of esters is 2. The maximum absolute atomic E-state index is 13.9. The molecule has 2 aliphatic rings. The molecular weight excluding hydrogens is 456 g/mol. The van der Waals surface area contributed by atoms with Gasteiger partial charge in [0.25, 0.3) is 5.91 Å². The van der Waals surface area contributed by atoms with Crippen LogP contribution in [0.1, 0.15) is 66.1 Å². The van der Waals surface area contributed by atoms with E-state index in [1.807, 2.05) is 50.2 Å². The molecule has 1 saturated carbocycles. The fourth-order valence-electron chi connectivity index (χ4n) is 5.65. The Morgan fingerprint density at radius 3 is 2.31 bits per heavy atom. The fourth-order valence-corrected chi connectivity index (χ4v) is 5.65. The van der Waals surface area contributed by atoms with Crippen LogP contribution in [0.2, 0.25) is 0 Å². The highest BCUT2D eigenvalue weighted by Crippen LogP contribution is 2.50. The maximum atomic E-state index is 13.9. The number of piperidine rings is 1. The molecule has 0 spiro atoms. The summed E-state index contributed by atoms with van der Waals surface area (Å²) in [6, 6.07) is 13.3. The number of amides is 1. The number of ether oxygens (including phenoxy) is 2. The lowest BCUT2D eigenvalue weighted by atomic mass is 9.99. The van der Waals surface area contributed by atoms with Crippen LogP contribution < -0.4 is 5.32 Å². The summed E-state index contributed by atoms with van der Waals surface area (Å²) >= 11 is 0. The van der Waals surface area contributed by atoms with Crippen LogP contribution >= 0.6 is 0 Å². The number of quaternary nitrogens is 1. The lowest BCUT2D eigenvalue weighted by Gasteiger charge is -2.46. The van der Waals surface area contributed by atoms with Crippen molar-refractivity contribution in [3.8, 4) is 0 Å². The van der Waals surface area contributed by atoms with E-state index in [0.29, 0.717) is 28.6 Å². The zero-order valence-corrected chi connectivity index (χ0v) is 21.6. The van der Waals surface area contributed by atoms with Crippen LogP contribution in [0.15, 0.2) is 42.5 Å². The van der Waals surface area contributed by atoms with Gasteiger partial charge >= 0.3 is 11.9 Å². The van der Waals surface area contributed by atoms with Gasteiger partial charge in [0.1, 0.15) is 6.61 Å². The first kappa shape index (κ1) is 25.9. The summed E-state index contributed by atoms with van der Waals surface area (Å²) in [6.07, 6.45) is 4.47. The van der Waals surface area contributed by atoms with Gasteiger partial charge in [0.05, 0.1) is 30.9 Å². The monoisotopic (exact) mass is 493 g/mol. The predicted octanol–water partition coefficient (Wildman–Crippen LogP) is 4.70. The Morgan fingerprint density at radius 1 is 0.972 bits per heavy atom. The van der Waals surface area contributed by atoms with Gasteiger partial charge in [-0.3, -0.25) is 4.79 Å². The number of hydrogen-bond acceptors (Lipinski definition) is 5. The SMILES string of the molecule is CCOC(=O)c1cc(C)cc(C)c1NC(=O)C1([N+]2(CC(=O)OCc3ccccc3)CCCCC2)CC1. The topological polar surface area (TPSA) is 81.7 Å². The van der Waals surface area contributed by atoms with Gasteiger partial charge in [-0.1, -0.05) is 36.4 Å². The zero-order valence-electron chi connectivity index (χ0n) is 21.6. The molecule has 1 heterocycles. The maximum Gasteiger partial charge on any atom is 0.362 e. The molecule has 1 aliphatic heterocycles. The van der Waals surface area contributed by atoms with Crippen molar-refractivity contribution in [2.24, 2.45) is 0 Å². The van der Waals surface area contributed by atoms with E-state index in [-0.39, 0.29) is 31.6 Å². The third-order valence-corrected chi connectivity index (χ3v) is 7.61. The first-order valence-electron chi connectivity index (χ1n) is 13.0. The second-order valence-corrected chi connectivity index (χ2v) is 10.2. The molecule has 192 valence electrons. The van der Waals surface area contributed by atoms with E-state index in [9.17, 15) is 14.4 Å². The number of nitrogens with zero attached hydrogens (tertiary/aromatic N) is 1. The van der Waals surface area contributed by atoms with Crippen molar-refractivity contribution < 1.29 is 28.3 Å². The Kier molecular flexibility index (Phi) is 7.79. The van der Waals surface area contributed by atoms with Crippen molar-refractivity contribution in [2.45, 2.75) is 65.0 Å². The highest BCUT2D eigenvalue weighted by molar-refractivity contribution is 6.06. The van der Waals surface area contributed by atoms with Gasteiger partial charge in [-0.2, -0.15) is 0 Å². The van der Waals surface area contributed by atoms with E-state index in [1.165, 1.54) is 0 Å². The third kappa shape index (κ3) is 5.31. The quantitative estimate of drug-likeness (QED) is 0.405. The lowest BCUT2D eigenvalue weighted by Crippen LogP contribution is -2.66. The molecule has 1 N–H and O–H groups in total. The molecule has 36 heavy (non-hydrogen) atoms. The van der Waals surface area contributed by atoms with Crippen molar-refractivity contribution in [3.63, 3.8) is 0 Å². The molecule has 0 aromatic heterocycles. The minimum atomic E-state index is -0.685. The smallest absolute Gasteiger partial charge is 0.362 e. The van der Waals surface area contributed by atoms with Crippen molar-refractivity contribution in [2.75, 3.05) is 31.6 Å². The standard InChI is InChI=1S/C29H36N2O5/c1-4-35-27(33)24-18-21(2)17-22(3)26(24)30-28(34)29(13-14-29)31(15-9-6-10-16-31)19-25(32)36-20-23-11-7-5-8-12-23/h5,7-8,11-12,17-18H,4,6,9-10,13-16,19-20H2,1-3H3/p+1. The largest absolute Gasteiger partial charge is 0.462 e. The molecule has 0 bridgehead atoms. The predicted molar refractivity (Wildman–Crippen MR) is 137 cm³/mol. The lowest BCUT2D eigenvalue weighted by molar-refractivity contribution is -0.950. The molecule has 7 heteroatoms. The van der Waals surface area contributed by atoms with E-state index in [4.69, 9.17) is 9.47 Å². The average Bonchev–Trinajstić information content (AvgIpc) is 3.68. The number of rotatable bonds is 9. The Hall–Kier alpha value is -3.19. The molecule has 1 amide bonds. The van der Waals surface area contributed by atoms with Crippen LogP contribution in [0.4, 0.5) is 5.69 Å². The van der Waals surface area contributed by atoms with E-state index in [0.717, 1.165) is 49.0 Å². The Balaban J connectivity index is 1.56. The third-order valence-electron chi connectivity index (χ3n) is 7.61. The van der Waals surface area contributed by atoms with Gasteiger partial charge in [-0.05, 0) is 62.8 Å². The van der Waals surface area contributed by atoms with Crippen LogP contribution in [0.3, 0.4) is 0 Å². The van der Waals surface area contributed by atoms with E-state index in [2.05, 4.69) is 5.32 Å². The summed E-state index contributed by atoms with van der Waals surface area (Å²) in [5.74, 6) is -0.855. The number of anilines is 1. The fraction of sp³-hybridized carbons (Fsp3) is 0.483. The van der Waals surface area contributed by atoms with E-state index in [1.54, 1.807) is 13.0 Å². The number of aryl methyl sites for hydroxylation is 2. The number of hydrogen-bond donors (Lipinski definition) is 1. The molecule has 2 aromatic carbocycles. The summed E-state index contributed by atoms with van der Waals surface area (Å²) in [5.41, 5.74) is 2.86. The van der Waals surface area contributed by atoms with E-state index >= 15 is 0 Å². The summed E-state index contributed by atoms with van der Waals surface area (Å²) in [4.78, 5) is 39.6. The summed E-state index contributed by atoms with van der Waals surface area (Å²) in [7, 11) is 0. The van der Waals surface area contributed by atoms with E-state index < -0.39 is 11.5 Å². The van der Waals surface area contributed by atoms with Crippen molar-refractivity contribution >= 4 is 23.5 Å². The van der Waals surface area contributed by atoms with Gasteiger partial charge in [-0.15, -0.1) is 0 Å². The molecule has 0 unspecified atom stereocenters. The molecule has 7 nitrogen and oxygen atoms in total. The van der Waals surface area contributed by atoms with Gasteiger partial charge < -0.3 is 19.3 Å². The molecule has 1 saturated heterocycles. The molecule has 0 radical (unpaired) electrons. The highest BCUT2D eigenvalue weighted by atomic mass is 16.5. The van der Waals surface area contributed by atoms with Crippen LogP contribution in [-0.2, 0) is 25.7 Å². The van der Waals surface area contributed by atoms with Crippen LogP contribution in [-0.4, -0.2) is 54.1 Å². The normalized spacial score (nSPS) is 17.6. The highest BCUT2D eigenvalue weighted by Gasteiger charge is 2.66. The second-order valence-electron chi connectivity index (χ2n) is 10.2. The number of carbonyl (C=O) groups excluding carboxylic acids is 3. The summed E-state index contributed by atoms with van der Waals surface area (Å²) in [5, 5.41) is 3.09. The molecule has 1 aliphatic carbocycles. The number of likely N-dealkylation sites (tertiary alicyclic amines) is 1. The van der Waals surface area contributed by atoms with Crippen LogP contribution in [0.5, 0.6) is 0 Å². The molecular formula is C29H37N2O5+. The molecule has 4 rings (SSSR count). The van der Waals surface area contributed by atoms with Gasteiger partial charge in [0.2, 0.25) is 0 Å². The number of nitrogens with one attached hydrogen (secondary N) is 1. The van der Waals surface area contributed by atoms with Gasteiger partial charge in [0.15, 0.2) is 12.1 Å². The summed E-state index contributed by atoms with van der Waals surface area (Å²) < 4.78 is 11.3. The van der Waals surface area contributed by atoms with Gasteiger partial charge in [-0.25, -0.2) is 9.59 Å². The number of carbonyl (C=O) groups is 3. The van der Waals surface area contributed by atoms with Gasteiger partial charge in [0, 0.05) is 12.8 Å².